The number of pyridine rings is 1. The molecule has 0 atom stereocenters. The lowest BCUT2D eigenvalue weighted by molar-refractivity contribution is 0.102. The Hall–Kier alpha value is -2.38. The number of halogens is 2. The van der Waals surface area contributed by atoms with Gasteiger partial charge in [-0.2, -0.15) is 0 Å². The number of aromatic nitrogens is 1. The Kier molecular flexibility index (Phi) is 4.56. The number of anilines is 2. The zero-order valence-electron chi connectivity index (χ0n) is 11.0. The molecule has 0 bridgehead atoms. The van der Waals surface area contributed by atoms with Gasteiger partial charge in [0.1, 0.15) is 23.1 Å². The quantitative estimate of drug-likeness (QED) is 0.596. The number of methoxy groups -OCH3 is 1. The Labute approximate surface area is 125 Å². The number of nitrogens with one attached hydrogen (secondary N) is 2. The summed E-state index contributed by atoms with van der Waals surface area (Å²) in [5, 5.41) is 2.50. The van der Waals surface area contributed by atoms with Crippen LogP contribution in [0.15, 0.2) is 30.3 Å². The molecular weight excluding hydrogens is 299 g/mol. The van der Waals surface area contributed by atoms with Crippen LogP contribution in [0.2, 0.25) is 5.02 Å². The summed E-state index contributed by atoms with van der Waals surface area (Å²) in [6.07, 6.45) is 0. The first kappa shape index (κ1) is 15.0. The first-order valence-electron chi connectivity index (χ1n) is 5.83. The number of carbonyl (C=O) groups excluding carboxylic acids is 1. The van der Waals surface area contributed by atoms with Crippen molar-refractivity contribution in [1.82, 2.24) is 4.98 Å². The van der Waals surface area contributed by atoms with Crippen LogP contribution >= 0.6 is 11.6 Å². The lowest BCUT2D eigenvalue weighted by atomic mass is 10.2. The first-order chi connectivity index (χ1) is 10.0. The summed E-state index contributed by atoms with van der Waals surface area (Å²) in [6, 6.07) is 6.94. The summed E-state index contributed by atoms with van der Waals surface area (Å²) in [5.41, 5.74) is 2.19. The van der Waals surface area contributed by atoms with Crippen molar-refractivity contribution in [2.24, 2.45) is 5.84 Å². The van der Waals surface area contributed by atoms with Gasteiger partial charge in [-0.25, -0.2) is 15.2 Å². The molecule has 0 aliphatic heterocycles. The predicted octanol–water partition coefficient (Wildman–Crippen LogP) is 2.42. The third-order valence-electron chi connectivity index (χ3n) is 2.63. The van der Waals surface area contributed by atoms with E-state index in [1.807, 2.05) is 0 Å². The molecule has 8 heteroatoms. The van der Waals surface area contributed by atoms with Crippen molar-refractivity contribution in [1.29, 1.82) is 0 Å². The summed E-state index contributed by atoms with van der Waals surface area (Å²) in [4.78, 5) is 16.0. The maximum atomic E-state index is 13.7. The molecule has 1 aromatic carbocycles. The van der Waals surface area contributed by atoms with Crippen molar-refractivity contribution in [3.05, 3.63) is 46.9 Å². The van der Waals surface area contributed by atoms with Crippen LogP contribution in [-0.2, 0) is 0 Å². The zero-order valence-corrected chi connectivity index (χ0v) is 11.7. The van der Waals surface area contributed by atoms with Gasteiger partial charge in [-0.1, -0.05) is 11.6 Å². The standard InChI is InChI=1S/C13H12ClFN4O2/c1-21-7-2-4-9(15)10(6-7)17-13(20)12-8(14)3-5-11(18-12)19-16/h2-6H,16H2,1H3,(H,17,20)(H,18,19). The number of hydrogen-bond donors (Lipinski definition) is 3. The van der Waals surface area contributed by atoms with Gasteiger partial charge in [0.25, 0.3) is 5.91 Å². The normalized spacial score (nSPS) is 10.1. The van der Waals surface area contributed by atoms with E-state index in [-0.39, 0.29) is 22.2 Å². The summed E-state index contributed by atoms with van der Waals surface area (Å²) in [5.74, 6) is 4.62. The molecule has 0 unspecified atom stereocenters. The number of nitrogens with zero attached hydrogens (tertiary/aromatic N) is 1. The molecule has 0 saturated heterocycles. The molecule has 1 amide bonds. The van der Waals surface area contributed by atoms with Crippen LogP contribution in [0, 0.1) is 5.82 Å². The van der Waals surface area contributed by atoms with Crippen molar-refractivity contribution in [2.45, 2.75) is 0 Å². The van der Waals surface area contributed by atoms with Crippen LogP contribution in [0.5, 0.6) is 5.75 Å². The van der Waals surface area contributed by atoms with E-state index in [1.165, 1.54) is 37.4 Å². The fraction of sp³-hybridized carbons (Fsp3) is 0.0769. The highest BCUT2D eigenvalue weighted by molar-refractivity contribution is 6.34. The zero-order chi connectivity index (χ0) is 15.4. The monoisotopic (exact) mass is 310 g/mol. The van der Waals surface area contributed by atoms with Gasteiger partial charge in [0, 0.05) is 6.07 Å². The van der Waals surface area contributed by atoms with Crippen LogP contribution < -0.4 is 21.3 Å². The fourth-order valence-electron chi connectivity index (χ4n) is 1.59. The average molecular weight is 311 g/mol. The minimum absolute atomic E-state index is 0.0386. The van der Waals surface area contributed by atoms with E-state index < -0.39 is 11.7 Å². The lowest BCUT2D eigenvalue weighted by Crippen LogP contribution is -2.17. The minimum Gasteiger partial charge on any atom is -0.497 e. The first-order valence-corrected chi connectivity index (χ1v) is 6.21. The highest BCUT2D eigenvalue weighted by Crippen LogP contribution is 2.23. The second-order valence-corrected chi connectivity index (χ2v) is 4.38. The van der Waals surface area contributed by atoms with Crippen molar-refractivity contribution in [3.8, 4) is 5.75 Å². The smallest absolute Gasteiger partial charge is 0.275 e. The molecule has 1 heterocycles. The van der Waals surface area contributed by atoms with E-state index in [0.29, 0.717) is 5.75 Å². The van der Waals surface area contributed by atoms with E-state index in [4.69, 9.17) is 22.2 Å². The van der Waals surface area contributed by atoms with Crippen LogP contribution in [0.25, 0.3) is 0 Å². The number of benzene rings is 1. The van der Waals surface area contributed by atoms with Crippen LogP contribution in [0.1, 0.15) is 10.5 Å². The Morgan fingerprint density at radius 2 is 2.14 bits per heavy atom. The number of nitrogen functional groups attached to an aromatic ring is 1. The number of rotatable bonds is 4. The van der Waals surface area contributed by atoms with Crippen LogP contribution in [0.4, 0.5) is 15.9 Å². The van der Waals surface area contributed by atoms with Crippen LogP contribution in [0.3, 0.4) is 0 Å². The van der Waals surface area contributed by atoms with E-state index in [2.05, 4.69) is 15.7 Å². The summed E-state index contributed by atoms with van der Waals surface area (Å²) >= 11 is 5.90. The third-order valence-corrected chi connectivity index (χ3v) is 2.94. The van der Waals surface area contributed by atoms with Crippen molar-refractivity contribution in [3.63, 3.8) is 0 Å². The van der Waals surface area contributed by atoms with Gasteiger partial charge >= 0.3 is 0 Å². The van der Waals surface area contributed by atoms with E-state index in [1.54, 1.807) is 0 Å². The molecule has 2 rings (SSSR count). The Morgan fingerprint density at radius 3 is 2.81 bits per heavy atom. The number of amides is 1. The number of hydrazine groups is 1. The van der Waals surface area contributed by atoms with E-state index in [0.717, 1.165) is 0 Å². The lowest BCUT2D eigenvalue weighted by Gasteiger charge is -2.09. The Morgan fingerprint density at radius 1 is 1.38 bits per heavy atom. The number of carbonyl (C=O) groups is 1. The van der Waals surface area contributed by atoms with Gasteiger partial charge < -0.3 is 15.5 Å². The Bertz CT molecular complexity index is 681. The molecule has 2 aromatic rings. The Balaban J connectivity index is 2.29. The molecule has 1 aromatic heterocycles. The van der Waals surface area contributed by atoms with E-state index >= 15 is 0 Å². The van der Waals surface area contributed by atoms with Gasteiger partial charge in [0.2, 0.25) is 0 Å². The predicted molar refractivity (Wildman–Crippen MR) is 78.0 cm³/mol. The largest absolute Gasteiger partial charge is 0.497 e. The maximum absolute atomic E-state index is 13.7. The van der Waals surface area contributed by atoms with Crippen molar-refractivity contribution in [2.75, 3.05) is 17.9 Å². The van der Waals surface area contributed by atoms with Gasteiger partial charge in [-0.15, -0.1) is 0 Å². The molecule has 0 radical (unpaired) electrons. The third kappa shape index (κ3) is 3.39. The van der Waals surface area contributed by atoms with Gasteiger partial charge in [0.15, 0.2) is 0 Å². The molecule has 0 spiro atoms. The molecule has 6 nitrogen and oxygen atoms in total. The SMILES string of the molecule is COc1ccc(F)c(NC(=O)c2nc(NN)ccc2Cl)c1. The maximum Gasteiger partial charge on any atom is 0.275 e. The molecule has 0 aliphatic rings. The molecule has 0 saturated carbocycles. The van der Waals surface area contributed by atoms with Gasteiger partial charge in [-0.3, -0.25) is 4.79 Å². The molecule has 21 heavy (non-hydrogen) atoms. The highest BCUT2D eigenvalue weighted by Gasteiger charge is 2.15. The van der Waals surface area contributed by atoms with Crippen molar-refractivity contribution < 1.29 is 13.9 Å². The van der Waals surface area contributed by atoms with Crippen LogP contribution in [-0.4, -0.2) is 18.0 Å². The van der Waals surface area contributed by atoms with Gasteiger partial charge in [-0.05, 0) is 24.3 Å². The molecule has 0 aliphatic carbocycles. The minimum atomic E-state index is -0.663. The summed E-state index contributed by atoms with van der Waals surface area (Å²) in [6.45, 7) is 0. The second kappa shape index (κ2) is 6.38. The number of ether oxygens (including phenoxy) is 1. The number of nitrogens with two attached hydrogens (primary N) is 1. The molecule has 4 N–H and O–H groups in total. The summed E-state index contributed by atoms with van der Waals surface area (Å²) < 4.78 is 18.6. The average Bonchev–Trinajstić information content (AvgIpc) is 2.49. The molecule has 110 valence electrons. The van der Waals surface area contributed by atoms with Crippen molar-refractivity contribution >= 4 is 29.0 Å². The molecular formula is C13H12ClFN4O2. The highest BCUT2D eigenvalue weighted by atomic mass is 35.5. The van der Waals surface area contributed by atoms with E-state index in [9.17, 15) is 9.18 Å². The topological polar surface area (TPSA) is 89.3 Å². The van der Waals surface area contributed by atoms with Gasteiger partial charge in [0.05, 0.1) is 17.8 Å². The summed E-state index contributed by atoms with van der Waals surface area (Å²) in [7, 11) is 1.44. The molecule has 0 fully saturated rings. The number of hydrogen-bond acceptors (Lipinski definition) is 5. The fourth-order valence-corrected chi connectivity index (χ4v) is 1.78. The second-order valence-electron chi connectivity index (χ2n) is 3.97.